The van der Waals surface area contributed by atoms with Crippen molar-refractivity contribution >= 4 is 70.2 Å². The highest BCUT2D eigenvalue weighted by molar-refractivity contribution is 6.11. The minimum absolute atomic E-state index is 0.00562. The number of ether oxygens (including phenoxy) is 4. The number of rotatable bonds is 8. The average Bonchev–Trinajstić information content (AvgIpc) is 3.65. The Morgan fingerprint density at radius 2 is 1.47 bits per heavy atom. The van der Waals surface area contributed by atoms with Crippen molar-refractivity contribution in [2.24, 2.45) is 0 Å². The van der Waals surface area contributed by atoms with Gasteiger partial charge >= 0.3 is 24.4 Å². The zero-order valence-corrected chi connectivity index (χ0v) is 35.1. The first-order valence-corrected chi connectivity index (χ1v) is 19.2. The first kappa shape index (κ1) is 44.1. The molecule has 3 heterocycles. The van der Waals surface area contributed by atoms with Crippen molar-refractivity contribution in [3.63, 3.8) is 0 Å². The molecular weight excluding hydrogens is 771 g/mol. The molecule has 2 N–H and O–H groups in total. The Morgan fingerprint density at radius 1 is 0.864 bits per heavy atom. The monoisotopic (exact) mass is 824 g/mol. The number of benzene rings is 2. The van der Waals surface area contributed by atoms with Crippen molar-refractivity contribution in [2.75, 3.05) is 65.8 Å². The molecule has 0 radical (unpaired) electrons. The van der Waals surface area contributed by atoms with Crippen molar-refractivity contribution in [2.45, 2.75) is 92.1 Å². The lowest BCUT2D eigenvalue weighted by Crippen LogP contribution is -2.49. The highest BCUT2D eigenvalue weighted by Crippen LogP contribution is 2.31. The first-order chi connectivity index (χ1) is 27.4. The number of carbonyl (C=O) groups excluding carboxylic acids is 6. The number of amides is 5. The number of cyclic esters (lactones) is 1. The van der Waals surface area contributed by atoms with Crippen molar-refractivity contribution in [3.8, 4) is 0 Å². The van der Waals surface area contributed by atoms with E-state index in [1.54, 1.807) is 80.5 Å². The van der Waals surface area contributed by atoms with Crippen molar-refractivity contribution in [1.29, 1.82) is 0 Å². The van der Waals surface area contributed by atoms with E-state index in [4.69, 9.17) is 18.9 Å². The van der Waals surface area contributed by atoms with E-state index < -0.39 is 59.0 Å². The summed E-state index contributed by atoms with van der Waals surface area (Å²) in [5.41, 5.74) is -1.73. The van der Waals surface area contributed by atoms with Crippen LogP contribution in [-0.2, 0) is 28.5 Å². The fourth-order valence-corrected chi connectivity index (χ4v) is 6.20. The molecule has 2 aromatic carbocycles. The number of imidazole rings is 1. The molecule has 18 nitrogen and oxygen atoms in total. The van der Waals surface area contributed by atoms with Gasteiger partial charge in [-0.05, 0) is 98.7 Å². The van der Waals surface area contributed by atoms with Gasteiger partial charge in [0.25, 0.3) is 0 Å². The number of nitrogens with one attached hydrogen (secondary N) is 2. The summed E-state index contributed by atoms with van der Waals surface area (Å²) in [6.45, 7) is 18.1. The molecule has 1 atom stereocenters. The summed E-state index contributed by atoms with van der Waals surface area (Å²) in [6.07, 6.45) is -4.40. The molecule has 320 valence electrons. The third-order valence-electron chi connectivity index (χ3n) is 8.62. The lowest BCUT2D eigenvalue weighted by Gasteiger charge is -2.36. The SMILES string of the molecule is CC(=O)NC[C@H]1CN(c2ccc(N3CCN(CC(=O)Nc4ccc5nc(N(C(=O)OC(C)(C)C)C(=O)OC(C)(C)C)n(C(=O)OC(C)(C)C)c5c4)CC3)c(F)c2)C(=O)O1. The highest BCUT2D eigenvalue weighted by atomic mass is 19.1. The predicted molar refractivity (Wildman–Crippen MR) is 216 cm³/mol. The van der Waals surface area contributed by atoms with Crippen LogP contribution >= 0.6 is 0 Å². The van der Waals surface area contributed by atoms with E-state index in [1.807, 2.05) is 9.80 Å². The number of fused-ring (bicyclic) bond motifs is 1. The number of imide groups is 1. The van der Waals surface area contributed by atoms with Crippen LogP contribution in [0.5, 0.6) is 0 Å². The van der Waals surface area contributed by atoms with E-state index in [-0.39, 0.29) is 42.5 Å². The topological polar surface area (TPSA) is 194 Å². The van der Waals surface area contributed by atoms with Gasteiger partial charge in [-0.2, -0.15) is 0 Å². The fraction of sp³-hybridized carbons (Fsp3) is 0.525. The second kappa shape index (κ2) is 17.1. The molecule has 5 amide bonds. The summed E-state index contributed by atoms with van der Waals surface area (Å²) >= 11 is 0. The second-order valence-corrected chi connectivity index (χ2v) is 17.2. The molecular formula is C40H53FN8O10. The summed E-state index contributed by atoms with van der Waals surface area (Å²) in [5, 5.41) is 5.45. The van der Waals surface area contributed by atoms with Crippen LogP contribution in [0.3, 0.4) is 0 Å². The molecule has 2 saturated heterocycles. The smallest absolute Gasteiger partial charge is 0.427 e. The third-order valence-corrected chi connectivity index (χ3v) is 8.62. The second-order valence-electron chi connectivity index (χ2n) is 17.2. The van der Waals surface area contributed by atoms with Gasteiger partial charge in [0.2, 0.25) is 17.8 Å². The largest absolute Gasteiger partial charge is 0.443 e. The van der Waals surface area contributed by atoms with E-state index in [0.29, 0.717) is 48.1 Å². The molecule has 0 aliphatic carbocycles. The molecule has 0 saturated carbocycles. The van der Waals surface area contributed by atoms with E-state index in [9.17, 15) is 28.8 Å². The van der Waals surface area contributed by atoms with Gasteiger partial charge in [0.05, 0.1) is 42.0 Å². The number of piperazine rings is 1. The van der Waals surface area contributed by atoms with Gasteiger partial charge in [0.1, 0.15) is 28.7 Å². The molecule has 1 aromatic heterocycles. The first-order valence-electron chi connectivity index (χ1n) is 19.2. The molecule has 3 aromatic rings. The van der Waals surface area contributed by atoms with Gasteiger partial charge in [0.15, 0.2) is 0 Å². The Bertz CT molecular complexity index is 2080. The molecule has 5 rings (SSSR count). The number of nitrogens with zero attached hydrogens (tertiary/aromatic N) is 6. The number of carbonyl (C=O) groups is 6. The number of halogens is 1. The zero-order chi connectivity index (χ0) is 43.6. The van der Waals surface area contributed by atoms with Crippen LogP contribution in [0, 0.1) is 5.82 Å². The molecule has 0 bridgehead atoms. The Kier molecular flexibility index (Phi) is 12.8. The standard InChI is InChI=1S/C40H53FN8O10/c1-24(50)42-21-27-22-47(34(52)56-27)26-12-14-30(28(41)20-26)46-17-15-45(16-18-46)23-32(51)43-25-11-13-29-31(19-25)48(35(53)57-38(2,3)4)33(44-29)49(36(54)58-39(5,6)7)37(55)59-40(8,9)10/h11-14,19-20,27H,15-18,21-23H2,1-10H3,(H,42,50)(H,43,51)/t27-/m0/s1. The molecule has 19 heteroatoms. The maximum atomic E-state index is 15.4. The van der Waals surface area contributed by atoms with Crippen LogP contribution in [0.25, 0.3) is 11.0 Å². The maximum Gasteiger partial charge on any atom is 0.427 e. The fourth-order valence-electron chi connectivity index (χ4n) is 6.20. The van der Waals surface area contributed by atoms with E-state index in [0.717, 1.165) is 4.57 Å². The van der Waals surface area contributed by atoms with Gasteiger partial charge in [-0.25, -0.2) is 33.1 Å². The van der Waals surface area contributed by atoms with Crippen molar-refractivity contribution in [3.05, 3.63) is 42.2 Å². The van der Waals surface area contributed by atoms with Crippen molar-refractivity contribution in [1.82, 2.24) is 19.8 Å². The van der Waals surface area contributed by atoms with Gasteiger partial charge in [-0.15, -0.1) is 4.90 Å². The maximum absolute atomic E-state index is 15.4. The number of hydrogen-bond donors (Lipinski definition) is 2. The quantitative estimate of drug-likeness (QED) is 0.257. The summed E-state index contributed by atoms with van der Waals surface area (Å²) in [4.78, 5) is 88.0. The molecule has 2 aliphatic rings. The van der Waals surface area contributed by atoms with Crippen LogP contribution in [-0.4, -0.2) is 119 Å². The summed E-state index contributed by atoms with van der Waals surface area (Å²) in [5.74, 6) is -1.57. The summed E-state index contributed by atoms with van der Waals surface area (Å²) in [6, 6.07) is 9.08. The number of hydrogen-bond acceptors (Lipinski definition) is 13. The normalized spacial score (nSPS) is 16.4. The van der Waals surface area contributed by atoms with Crippen LogP contribution in [0.1, 0.15) is 69.2 Å². The summed E-state index contributed by atoms with van der Waals surface area (Å²) < 4.78 is 38.4. The predicted octanol–water partition coefficient (Wildman–Crippen LogP) is 5.86. The van der Waals surface area contributed by atoms with Crippen molar-refractivity contribution < 1.29 is 52.1 Å². The molecule has 2 fully saturated rings. The van der Waals surface area contributed by atoms with Gasteiger partial charge in [-0.3, -0.25) is 19.4 Å². The highest BCUT2D eigenvalue weighted by Gasteiger charge is 2.39. The zero-order valence-electron chi connectivity index (χ0n) is 35.1. The Balaban J connectivity index is 1.29. The van der Waals surface area contributed by atoms with E-state index in [2.05, 4.69) is 15.6 Å². The van der Waals surface area contributed by atoms with Crippen LogP contribution in [0.4, 0.5) is 46.6 Å². The third kappa shape index (κ3) is 11.6. The molecule has 0 unspecified atom stereocenters. The lowest BCUT2D eigenvalue weighted by molar-refractivity contribution is -0.119. The van der Waals surface area contributed by atoms with Crippen LogP contribution in [0.2, 0.25) is 0 Å². The lowest BCUT2D eigenvalue weighted by atomic mass is 10.2. The van der Waals surface area contributed by atoms with Gasteiger partial charge in [0, 0.05) is 38.8 Å². The van der Waals surface area contributed by atoms with Crippen LogP contribution in [0.15, 0.2) is 36.4 Å². The number of aromatic nitrogens is 2. The minimum atomic E-state index is -1.14. The Labute approximate surface area is 341 Å². The van der Waals surface area contributed by atoms with Crippen LogP contribution < -0.4 is 25.3 Å². The minimum Gasteiger partial charge on any atom is -0.443 e. The van der Waals surface area contributed by atoms with Gasteiger partial charge in [-0.1, -0.05) is 0 Å². The van der Waals surface area contributed by atoms with E-state index >= 15 is 4.39 Å². The van der Waals surface area contributed by atoms with Gasteiger partial charge < -0.3 is 34.5 Å². The average molecular weight is 825 g/mol. The number of anilines is 4. The summed E-state index contributed by atoms with van der Waals surface area (Å²) in [7, 11) is 0. The van der Waals surface area contributed by atoms with E-state index in [1.165, 1.54) is 30.0 Å². The molecule has 0 spiro atoms. The molecule has 59 heavy (non-hydrogen) atoms. The molecule has 2 aliphatic heterocycles. The Morgan fingerprint density at radius 3 is 2.03 bits per heavy atom. The Hall–Kier alpha value is -5.98.